The predicted molar refractivity (Wildman–Crippen MR) is 60.0 cm³/mol. The number of amides is 1. The molecule has 0 aliphatic heterocycles. The first kappa shape index (κ1) is 16.6. The van der Waals surface area contributed by atoms with Gasteiger partial charge in [0.15, 0.2) is 0 Å². The molecule has 3 nitrogen and oxygen atoms in total. The van der Waals surface area contributed by atoms with Crippen molar-refractivity contribution in [2.45, 2.75) is 12.4 Å². The van der Waals surface area contributed by atoms with E-state index in [1.807, 2.05) is 0 Å². The molecule has 21 heavy (non-hydrogen) atoms. The molecule has 0 atom stereocenters. The van der Waals surface area contributed by atoms with Crippen molar-refractivity contribution < 1.29 is 31.1 Å². The highest BCUT2D eigenvalue weighted by Gasteiger charge is 2.37. The first-order valence-electron chi connectivity index (χ1n) is 5.15. The molecule has 0 aliphatic rings. The van der Waals surface area contributed by atoms with Crippen molar-refractivity contribution in [2.75, 3.05) is 5.32 Å². The van der Waals surface area contributed by atoms with E-state index in [1.165, 1.54) is 6.07 Å². The number of hydrogen-bond donors (Lipinski definition) is 1. The molecule has 0 fully saturated rings. The summed E-state index contributed by atoms with van der Waals surface area (Å²) in [5.41, 5.74) is -4.35. The second-order valence-electron chi connectivity index (χ2n) is 3.80. The Balaban J connectivity index is 3.10. The summed E-state index contributed by atoms with van der Waals surface area (Å²) in [6.45, 7) is 2.52. The van der Waals surface area contributed by atoms with E-state index in [2.05, 4.69) is 6.58 Å². The SMILES string of the molecule is C=C(C(=O)Nc1ccc(C#N)c(C(F)(F)F)c1)C(F)(F)F. The van der Waals surface area contributed by atoms with Gasteiger partial charge in [-0.05, 0) is 18.2 Å². The highest BCUT2D eigenvalue weighted by molar-refractivity contribution is 6.04. The van der Waals surface area contributed by atoms with Crippen LogP contribution in [0.2, 0.25) is 0 Å². The van der Waals surface area contributed by atoms with Gasteiger partial charge in [0.25, 0.3) is 5.91 Å². The molecule has 0 saturated heterocycles. The van der Waals surface area contributed by atoms with Crippen LogP contribution in [-0.2, 0) is 11.0 Å². The van der Waals surface area contributed by atoms with Crippen LogP contribution in [0.3, 0.4) is 0 Å². The molecular formula is C12H6F6N2O. The number of nitriles is 1. The second kappa shape index (κ2) is 5.47. The highest BCUT2D eigenvalue weighted by Crippen LogP contribution is 2.34. The van der Waals surface area contributed by atoms with Crippen LogP contribution in [0.4, 0.5) is 32.0 Å². The van der Waals surface area contributed by atoms with Gasteiger partial charge < -0.3 is 5.32 Å². The zero-order chi connectivity index (χ0) is 16.4. The summed E-state index contributed by atoms with van der Waals surface area (Å²) in [6.07, 6.45) is -9.88. The smallest absolute Gasteiger partial charge is 0.322 e. The fourth-order valence-corrected chi connectivity index (χ4v) is 1.29. The average molecular weight is 308 g/mol. The van der Waals surface area contributed by atoms with E-state index in [0.717, 1.165) is 12.1 Å². The van der Waals surface area contributed by atoms with E-state index in [0.29, 0.717) is 6.07 Å². The van der Waals surface area contributed by atoms with Crippen molar-refractivity contribution >= 4 is 11.6 Å². The summed E-state index contributed by atoms with van der Waals surface area (Å²) in [6, 6.07) is 3.30. The second-order valence-corrected chi connectivity index (χ2v) is 3.80. The van der Waals surface area contributed by atoms with E-state index >= 15 is 0 Å². The summed E-state index contributed by atoms with van der Waals surface area (Å²) >= 11 is 0. The lowest BCUT2D eigenvalue weighted by molar-refractivity contribution is -0.138. The van der Waals surface area contributed by atoms with Crippen molar-refractivity contribution in [1.29, 1.82) is 5.26 Å². The number of alkyl halides is 6. The highest BCUT2D eigenvalue weighted by atomic mass is 19.4. The van der Waals surface area contributed by atoms with Gasteiger partial charge in [0.2, 0.25) is 0 Å². The van der Waals surface area contributed by atoms with Crippen LogP contribution in [0.1, 0.15) is 11.1 Å². The fourth-order valence-electron chi connectivity index (χ4n) is 1.29. The topological polar surface area (TPSA) is 52.9 Å². The van der Waals surface area contributed by atoms with Gasteiger partial charge in [-0.25, -0.2) is 0 Å². The Morgan fingerprint density at radius 3 is 2.19 bits per heavy atom. The maximum absolute atomic E-state index is 12.6. The lowest BCUT2D eigenvalue weighted by Crippen LogP contribution is -2.25. The molecule has 9 heteroatoms. The molecule has 1 rings (SSSR count). The fraction of sp³-hybridized carbons (Fsp3) is 0.167. The Bertz CT molecular complexity index is 624. The third-order valence-corrected chi connectivity index (χ3v) is 2.32. The van der Waals surface area contributed by atoms with Crippen molar-refractivity contribution in [2.24, 2.45) is 0 Å². The van der Waals surface area contributed by atoms with Crippen LogP contribution < -0.4 is 5.32 Å². The summed E-state index contributed by atoms with van der Waals surface area (Å²) in [7, 11) is 0. The predicted octanol–water partition coefficient (Wildman–Crippen LogP) is 3.63. The van der Waals surface area contributed by atoms with Gasteiger partial charge >= 0.3 is 12.4 Å². The molecule has 0 spiro atoms. The molecule has 112 valence electrons. The van der Waals surface area contributed by atoms with Crippen LogP contribution in [0.25, 0.3) is 0 Å². The van der Waals surface area contributed by atoms with Crippen molar-refractivity contribution in [3.05, 3.63) is 41.5 Å². The van der Waals surface area contributed by atoms with E-state index in [-0.39, 0.29) is 0 Å². The Morgan fingerprint density at radius 1 is 1.19 bits per heavy atom. The normalized spacial score (nSPS) is 11.7. The van der Waals surface area contributed by atoms with Crippen molar-refractivity contribution in [3.8, 4) is 6.07 Å². The van der Waals surface area contributed by atoms with Crippen LogP contribution in [0.15, 0.2) is 30.4 Å². The minimum Gasteiger partial charge on any atom is -0.322 e. The van der Waals surface area contributed by atoms with E-state index in [1.54, 1.807) is 5.32 Å². The Kier molecular flexibility index (Phi) is 4.32. The molecule has 0 unspecified atom stereocenters. The Hall–Kier alpha value is -2.50. The average Bonchev–Trinajstić information content (AvgIpc) is 2.35. The molecule has 0 bridgehead atoms. The Morgan fingerprint density at radius 2 is 1.76 bits per heavy atom. The van der Waals surface area contributed by atoms with Crippen molar-refractivity contribution in [1.82, 2.24) is 0 Å². The van der Waals surface area contributed by atoms with Gasteiger partial charge in [-0.3, -0.25) is 4.79 Å². The standard InChI is InChI=1S/C12H6F6N2O/c1-6(11(13,14)15)10(21)20-8-3-2-7(5-19)9(4-8)12(16,17)18/h2-4H,1H2,(H,20,21). The third-order valence-electron chi connectivity index (χ3n) is 2.32. The monoisotopic (exact) mass is 308 g/mol. The quantitative estimate of drug-likeness (QED) is 0.670. The van der Waals surface area contributed by atoms with Crippen molar-refractivity contribution in [3.63, 3.8) is 0 Å². The number of anilines is 1. The maximum Gasteiger partial charge on any atom is 0.421 e. The number of carbonyl (C=O) groups excluding carboxylic acids is 1. The van der Waals surface area contributed by atoms with Gasteiger partial charge in [0.1, 0.15) is 5.57 Å². The molecule has 1 amide bonds. The number of hydrogen-bond acceptors (Lipinski definition) is 2. The largest absolute Gasteiger partial charge is 0.421 e. The summed E-state index contributed by atoms with van der Waals surface area (Å²) in [4.78, 5) is 11.2. The molecule has 0 saturated carbocycles. The van der Waals surface area contributed by atoms with Gasteiger partial charge in [0.05, 0.1) is 17.2 Å². The first-order valence-corrected chi connectivity index (χ1v) is 5.15. The molecule has 0 aromatic heterocycles. The number of nitrogens with one attached hydrogen (secondary N) is 1. The van der Waals surface area contributed by atoms with Gasteiger partial charge in [-0.15, -0.1) is 0 Å². The summed E-state index contributed by atoms with van der Waals surface area (Å²) in [5, 5.41) is 10.2. The minimum absolute atomic E-state index is 0.375. The van der Waals surface area contributed by atoms with Gasteiger partial charge in [-0.2, -0.15) is 31.6 Å². The molecule has 0 heterocycles. The maximum atomic E-state index is 12.6. The number of nitrogens with zero attached hydrogens (tertiary/aromatic N) is 1. The number of benzene rings is 1. The minimum atomic E-state index is -5.00. The molecule has 1 N–H and O–H groups in total. The van der Waals surface area contributed by atoms with Crippen LogP contribution in [0, 0.1) is 11.3 Å². The lowest BCUT2D eigenvalue weighted by Gasteiger charge is -2.13. The van der Waals surface area contributed by atoms with Gasteiger partial charge in [-0.1, -0.05) is 6.58 Å². The zero-order valence-corrected chi connectivity index (χ0v) is 10.1. The van der Waals surface area contributed by atoms with E-state index < -0.39 is 40.6 Å². The Labute approximate surface area is 114 Å². The van der Waals surface area contributed by atoms with Crippen LogP contribution >= 0.6 is 0 Å². The summed E-state index contributed by atoms with van der Waals surface area (Å²) in [5.74, 6) is -1.68. The van der Waals surface area contributed by atoms with Gasteiger partial charge in [0, 0.05) is 5.69 Å². The first-order chi connectivity index (χ1) is 9.46. The molecule has 0 aliphatic carbocycles. The lowest BCUT2D eigenvalue weighted by atomic mass is 10.1. The number of halogens is 6. The molecule has 1 aromatic carbocycles. The number of carbonyl (C=O) groups is 1. The molecule has 1 aromatic rings. The van der Waals surface area contributed by atoms with Crippen LogP contribution in [-0.4, -0.2) is 12.1 Å². The molecular weight excluding hydrogens is 302 g/mol. The van der Waals surface area contributed by atoms with E-state index in [4.69, 9.17) is 5.26 Å². The molecule has 0 radical (unpaired) electrons. The third kappa shape index (κ3) is 3.98. The van der Waals surface area contributed by atoms with Crippen LogP contribution in [0.5, 0.6) is 0 Å². The zero-order valence-electron chi connectivity index (χ0n) is 10.1. The number of rotatable bonds is 2. The van der Waals surface area contributed by atoms with E-state index in [9.17, 15) is 31.1 Å². The summed E-state index contributed by atoms with van der Waals surface area (Å²) < 4.78 is 74.5.